The average molecular weight is 349 g/mol. The quantitative estimate of drug-likeness (QED) is 0.877. The molecule has 3 N–H and O–H groups in total. The molecule has 0 heterocycles. The molecule has 0 aliphatic heterocycles. The van der Waals surface area contributed by atoms with Crippen molar-refractivity contribution in [3.63, 3.8) is 0 Å². The van der Waals surface area contributed by atoms with Crippen LogP contribution < -0.4 is 10.5 Å². The maximum absolute atomic E-state index is 12.3. The lowest BCUT2D eigenvalue weighted by molar-refractivity contribution is 0.407. The third kappa shape index (κ3) is 4.56. The summed E-state index contributed by atoms with van der Waals surface area (Å²) in [6.07, 6.45) is 0. The Bertz CT molecular complexity index is 563. The number of sulfonamides is 1. The fourth-order valence-corrected chi connectivity index (χ4v) is 3.73. The standard InChI is InChI=1S/C13H21BrN2O2S/c1-9-11(14)5-10(7-15)6-12(9)19(17,18)16-8-13(2,3)4/h5-6,16H,7-8,15H2,1-4H3. The van der Waals surface area contributed by atoms with Crippen molar-refractivity contribution in [2.75, 3.05) is 6.54 Å². The van der Waals surface area contributed by atoms with Crippen molar-refractivity contribution < 1.29 is 8.42 Å². The lowest BCUT2D eigenvalue weighted by Gasteiger charge is -2.20. The first kappa shape index (κ1) is 16.6. The molecule has 0 unspecified atom stereocenters. The molecule has 0 amide bonds. The van der Waals surface area contributed by atoms with Gasteiger partial charge in [-0.05, 0) is 35.6 Å². The molecule has 0 aliphatic carbocycles. The molecule has 1 aromatic carbocycles. The lowest BCUT2D eigenvalue weighted by Crippen LogP contribution is -2.32. The van der Waals surface area contributed by atoms with Crippen LogP contribution in [0.1, 0.15) is 31.9 Å². The zero-order valence-electron chi connectivity index (χ0n) is 11.7. The maximum Gasteiger partial charge on any atom is 0.240 e. The molecule has 4 nitrogen and oxygen atoms in total. The highest BCUT2D eigenvalue weighted by molar-refractivity contribution is 9.10. The molecule has 0 saturated carbocycles. The SMILES string of the molecule is Cc1c(Br)cc(CN)cc1S(=O)(=O)NCC(C)(C)C. The normalized spacial score (nSPS) is 12.7. The largest absolute Gasteiger partial charge is 0.326 e. The van der Waals surface area contributed by atoms with Crippen LogP contribution in [0, 0.1) is 12.3 Å². The van der Waals surface area contributed by atoms with Crippen LogP contribution in [0.15, 0.2) is 21.5 Å². The fourth-order valence-electron chi connectivity index (χ4n) is 1.49. The van der Waals surface area contributed by atoms with Crippen LogP contribution in [0.4, 0.5) is 0 Å². The summed E-state index contributed by atoms with van der Waals surface area (Å²) in [5, 5.41) is 0. The minimum atomic E-state index is -3.51. The highest BCUT2D eigenvalue weighted by atomic mass is 79.9. The molecule has 1 aromatic rings. The van der Waals surface area contributed by atoms with Gasteiger partial charge in [-0.3, -0.25) is 0 Å². The van der Waals surface area contributed by atoms with Gasteiger partial charge in [-0.15, -0.1) is 0 Å². The molecular weight excluding hydrogens is 328 g/mol. The van der Waals surface area contributed by atoms with Crippen LogP contribution in [-0.4, -0.2) is 15.0 Å². The average Bonchev–Trinajstić information content (AvgIpc) is 2.29. The van der Waals surface area contributed by atoms with E-state index in [1.807, 2.05) is 26.8 Å². The van der Waals surface area contributed by atoms with Crippen molar-refractivity contribution in [3.8, 4) is 0 Å². The minimum Gasteiger partial charge on any atom is -0.326 e. The third-order valence-electron chi connectivity index (χ3n) is 2.67. The Balaban J connectivity index is 3.17. The van der Waals surface area contributed by atoms with Crippen LogP contribution in [0.25, 0.3) is 0 Å². The summed E-state index contributed by atoms with van der Waals surface area (Å²) in [5.74, 6) is 0. The van der Waals surface area contributed by atoms with E-state index in [9.17, 15) is 8.42 Å². The molecule has 0 atom stereocenters. The summed E-state index contributed by atoms with van der Waals surface area (Å²) in [6, 6.07) is 3.48. The topological polar surface area (TPSA) is 72.2 Å². The van der Waals surface area contributed by atoms with E-state index in [1.165, 1.54) is 0 Å². The summed E-state index contributed by atoms with van der Waals surface area (Å²) in [4.78, 5) is 0.284. The fraction of sp³-hybridized carbons (Fsp3) is 0.538. The first-order valence-corrected chi connectivity index (χ1v) is 8.33. The van der Waals surface area contributed by atoms with E-state index >= 15 is 0 Å². The maximum atomic E-state index is 12.3. The lowest BCUT2D eigenvalue weighted by atomic mass is 9.98. The molecular formula is C13H21BrN2O2S. The van der Waals surface area contributed by atoms with Gasteiger partial charge in [0.05, 0.1) is 4.90 Å². The molecule has 0 spiro atoms. The highest BCUT2D eigenvalue weighted by Gasteiger charge is 2.21. The van der Waals surface area contributed by atoms with Crippen LogP contribution in [0.3, 0.4) is 0 Å². The van der Waals surface area contributed by atoms with E-state index < -0.39 is 10.0 Å². The predicted octanol–water partition coefficient (Wildman–Crippen LogP) is 2.54. The van der Waals surface area contributed by atoms with Gasteiger partial charge < -0.3 is 5.73 Å². The Labute approximate surface area is 124 Å². The molecule has 19 heavy (non-hydrogen) atoms. The molecule has 0 saturated heterocycles. The van der Waals surface area contributed by atoms with Crippen LogP contribution >= 0.6 is 15.9 Å². The van der Waals surface area contributed by atoms with Gasteiger partial charge in [-0.1, -0.05) is 36.7 Å². The highest BCUT2D eigenvalue weighted by Crippen LogP contribution is 2.26. The predicted molar refractivity (Wildman–Crippen MR) is 81.4 cm³/mol. The molecule has 0 aliphatic rings. The van der Waals surface area contributed by atoms with E-state index in [-0.39, 0.29) is 10.3 Å². The molecule has 108 valence electrons. The first-order valence-electron chi connectivity index (χ1n) is 6.05. The van der Waals surface area contributed by atoms with Gasteiger partial charge in [0.2, 0.25) is 10.0 Å². The van der Waals surface area contributed by atoms with Crippen LogP contribution in [0.2, 0.25) is 0 Å². The van der Waals surface area contributed by atoms with Crippen molar-refractivity contribution >= 4 is 26.0 Å². The van der Waals surface area contributed by atoms with Gasteiger partial charge in [-0.2, -0.15) is 0 Å². The summed E-state index contributed by atoms with van der Waals surface area (Å²) in [5.41, 5.74) is 6.96. The Kier molecular flexibility index (Phi) is 5.17. The number of nitrogens with two attached hydrogens (primary N) is 1. The minimum absolute atomic E-state index is 0.107. The van der Waals surface area contributed by atoms with E-state index in [1.54, 1.807) is 13.0 Å². The van der Waals surface area contributed by atoms with Crippen molar-refractivity contribution in [1.82, 2.24) is 4.72 Å². The van der Waals surface area contributed by atoms with Crippen molar-refractivity contribution in [3.05, 3.63) is 27.7 Å². The van der Waals surface area contributed by atoms with Gasteiger partial charge in [-0.25, -0.2) is 13.1 Å². The zero-order chi connectivity index (χ0) is 14.8. The van der Waals surface area contributed by atoms with E-state index in [2.05, 4.69) is 20.7 Å². The first-order chi connectivity index (χ1) is 8.57. The summed E-state index contributed by atoms with van der Waals surface area (Å²) < 4.78 is 28.1. The molecule has 0 aromatic heterocycles. The molecule has 1 rings (SSSR count). The van der Waals surface area contributed by atoms with Gasteiger partial charge in [0.1, 0.15) is 0 Å². The molecule has 0 bridgehead atoms. The van der Waals surface area contributed by atoms with Gasteiger partial charge in [0, 0.05) is 17.6 Å². The van der Waals surface area contributed by atoms with Gasteiger partial charge >= 0.3 is 0 Å². The number of rotatable bonds is 4. The summed E-state index contributed by atoms with van der Waals surface area (Å²) in [6.45, 7) is 8.41. The number of benzene rings is 1. The monoisotopic (exact) mass is 348 g/mol. The number of hydrogen-bond donors (Lipinski definition) is 2. The molecule has 0 fully saturated rings. The van der Waals surface area contributed by atoms with Gasteiger partial charge in [0.25, 0.3) is 0 Å². The second kappa shape index (κ2) is 5.91. The van der Waals surface area contributed by atoms with E-state index in [4.69, 9.17) is 5.73 Å². The van der Waals surface area contributed by atoms with Crippen molar-refractivity contribution in [2.45, 2.75) is 39.1 Å². The number of halogens is 1. The van der Waals surface area contributed by atoms with E-state index in [0.717, 1.165) is 10.0 Å². The van der Waals surface area contributed by atoms with Crippen molar-refractivity contribution in [2.24, 2.45) is 11.1 Å². The van der Waals surface area contributed by atoms with Gasteiger partial charge in [0.15, 0.2) is 0 Å². The summed E-state index contributed by atoms with van der Waals surface area (Å²) in [7, 11) is -3.51. The second-order valence-electron chi connectivity index (χ2n) is 5.79. The Hall–Kier alpha value is -0.430. The van der Waals surface area contributed by atoms with Crippen LogP contribution in [-0.2, 0) is 16.6 Å². The third-order valence-corrected chi connectivity index (χ3v) is 5.03. The number of hydrogen-bond acceptors (Lipinski definition) is 3. The number of nitrogens with one attached hydrogen (secondary N) is 1. The second-order valence-corrected chi connectivity index (χ2v) is 8.38. The Morgan fingerprint density at radius 3 is 2.37 bits per heavy atom. The van der Waals surface area contributed by atoms with E-state index in [0.29, 0.717) is 18.7 Å². The molecule has 6 heteroatoms. The van der Waals surface area contributed by atoms with Crippen LogP contribution in [0.5, 0.6) is 0 Å². The summed E-state index contributed by atoms with van der Waals surface area (Å²) >= 11 is 3.37. The zero-order valence-corrected chi connectivity index (χ0v) is 14.2. The Morgan fingerprint density at radius 1 is 1.32 bits per heavy atom. The smallest absolute Gasteiger partial charge is 0.240 e. The Morgan fingerprint density at radius 2 is 1.89 bits per heavy atom. The molecule has 0 radical (unpaired) electrons. The van der Waals surface area contributed by atoms with Crippen molar-refractivity contribution in [1.29, 1.82) is 0 Å².